The lowest BCUT2D eigenvalue weighted by Gasteiger charge is -2.36. The molecule has 118 valence electrons. The van der Waals surface area contributed by atoms with Crippen LogP contribution in [0.5, 0.6) is 0 Å². The molecule has 1 aromatic carbocycles. The molecular weight excluding hydrogens is 276 g/mol. The summed E-state index contributed by atoms with van der Waals surface area (Å²) in [6.07, 6.45) is 0.959. The summed E-state index contributed by atoms with van der Waals surface area (Å²) in [5.74, 6) is 0.0928. The highest BCUT2D eigenvalue weighted by Gasteiger charge is 2.25. The van der Waals surface area contributed by atoms with Crippen LogP contribution in [0.3, 0.4) is 0 Å². The van der Waals surface area contributed by atoms with Crippen molar-refractivity contribution in [3.8, 4) is 6.07 Å². The molecule has 0 bridgehead atoms. The molecular formula is C17H24N4O. The number of nitrogens with one attached hydrogen (secondary N) is 1. The zero-order chi connectivity index (χ0) is 15.8. The van der Waals surface area contributed by atoms with E-state index in [-0.39, 0.29) is 11.9 Å². The molecule has 1 aromatic rings. The number of carbonyl (C=O) groups excluding carboxylic acids is 1. The van der Waals surface area contributed by atoms with Crippen LogP contribution in [0.15, 0.2) is 30.3 Å². The molecule has 5 heteroatoms. The normalized spacial score (nSPS) is 17.6. The fourth-order valence-electron chi connectivity index (χ4n) is 2.71. The predicted molar refractivity (Wildman–Crippen MR) is 86.1 cm³/mol. The molecule has 1 atom stereocenters. The maximum absolute atomic E-state index is 11.7. The lowest BCUT2D eigenvalue weighted by Crippen LogP contribution is -2.50. The SMILES string of the molecule is CCCNC(=O)CN1CCN([C@H](C#N)c2ccccc2)CC1. The average Bonchev–Trinajstić information content (AvgIpc) is 2.56. The molecule has 22 heavy (non-hydrogen) atoms. The van der Waals surface area contributed by atoms with Gasteiger partial charge in [0.05, 0.1) is 12.6 Å². The summed E-state index contributed by atoms with van der Waals surface area (Å²) < 4.78 is 0. The van der Waals surface area contributed by atoms with Gasteiger partial charge in [0, 0.05) is 32.7 Å². The van der Waals surface area contributed by atoms with Gasteiger partial charge in [-0.15, -0.1) is 0 Å². The number of nitriles is 1. The van der Waals surface area contributed by atoms with E-state index in [0.29, 0.717) is 6.54 Å². The molecule has 0 saturated carbocycles. The van der Waals surface area contributed by atoms with Crippen LogP contribution in [0.2, 0.25) is 0 Å². The Morgan fingerprint density at radius 1 is 1.27 bits per heavy atom. The summed E-state index contributed by atoms with van der Waals surface area (Å²) in [5, 5.41) is 12.4. The minimum atomic E-state index is -0.197. The number of rotatable bonds is 6. The van der Waals surface area contributed by atoms with Crippen LogP contribution in [0.4, 0.5) is 0 Å². The van der Waals surface area contributed by atoms with E-state index < -0.39 is 0 Å². The molecule has 1 N–H and O–H groups in total. The highest BCUT2D eigenvalue weighted by molar-refractivity contribution is 5.77. The minimum absolute atomic E-state index is 0.0928. The van der Waals surface area contributed by atoms with Gasteiger partial charge in [-0.05, 0) is 12.0 Å². The zero-order valence-electron chi connectivity index (χ0n) is 13.2. The lowest BCUT2D eigenvalue weighted by atomic mass is 10.1. The first-order chi connectivity index (χ1) is 10.7. The van der Waals surface area contributed by atoms with E-state index in [1.807, 2.05) is 37.3 Å². The summed E-state index contributed by atoms with van der Waals surface area (Å²) in [6, 6.07) is 12.1. The molecule has 0 spiro atoms. The van der Waals surface area contributed by atoms with Crippen molar-refractivity contribution >= 4 is 5.91 Å². The van der Waals surface area contributed by atoms with Crippen molar-refractivity contribution in [3.05, 3.63) is 35.9 Å². The van der Waals surface area contributed by atoms with Gasteiger partial charge in [-0.1, -0.05) is 37.3 Å². The number of piperazine rings is 1. The first-order valence-electron chi connectivity index (χ1n) is 7.92. The number of carbonyl (C=O) groups is 1. The van der Waals surface area contributed by atoms with Crippen LogP contribution in [-0.2, 0) is 4.79 Å². The predicted octanol–water partition coefficient (Wildman–Crippen LogP) is 1.40. The molecule has 1 fully saturated rings. The summed E-state index contributed by atoms with van der Waals surface area (Å²) in [4.78, 5) is 16.1. The Morgan fingerprint density at radius 2 is 1.95 bits per heavy atom. The molecule has 0 aromatic heterocycles. The third-order valence-electron chi connectivity index (χ3n) is 3.95. The number of benzene rings is 1. The van der Waals surface area contributed by atoms with E-state index >= 15 is 0 Å². The van der Waals surface area contributed by atoms with E-state index in [1.54, 1.807) is 0 Å². The number of nitrogens with zero attached hydrogens (tertiary/aromatic N) is 3. The van der Waals surface area contributed by atoms with E-state index in [1.165, 1.54) is 0 Å². The number of amides is 1. The van der Waals surface area contributed by atoms with Gasteiger partial charge in [-0.2, -0.15) is 5.26 Å². The van der Waals surface area contributed by atoms with E-state index in [9.17, 15) is 10.1 Å². The smallest absolute Gasteiger partial charge is 0.234 e. The summed E-state index contributed by atoms with van der Waals surface area (Å²) in [7, 11) is 0. The quantitative estimate of drug-likeness (QED) is 0.862. The van der Waals surface area contributed by atoms with E-state index in [0.717, 1.165) is 44.7 Å². The van der Waals surface area contributed by atoms with Gasteiger partial charge in [0.15, 0.2) is 0 Å². The van der Waals surface area contributed by atoms with Gasteiger partial charge in [-0.25, -0.2) is 0 Å². The van der Waals surface area contributed by atoms with Crippen LogP contribution < -0.4 is 5.32 Å². The van der Waals surface area contributed by atoms with Crippen molar-refractivity contribution in [1.82, 2.24) is 15.1 Å². The van der Waals surface area contributed by atoms with Gasteiger partial charge < -0.3 is 5.32 Å². The highest BCUT2D eigenvalue weighted by atomic mass is 16.2. The standard InChI is InChI=1S/C17H24N4O/c1-2-8-19-17(22)14-20-9-11-21(12-10-20)16(13-18)15-6-4-3-5-7-15/h3-7,16H,2,8-12,14H2,1H3,(H,19,22)/t16-/m1/s1. The first kappa shape index (κ1) is 16.5. The van der Waals surface area contributed by atoms with Crippen molar-refractivity contribution in [2.75, 3.05) is 39.3 Å². The summed E-state index contributed by atoms with van der Waals surface area (Å²) >= 11 is 0. The molecule has 2 rings (SSSR count). The highest BCUT2D eigenvalue weighted by Crippen LogP contribution is 2.21. The third kappa shape index (κ3) is 4.55. The number of hydrogen-bond donors (Lipinski definition) is 1. The lowest BCUT2D eigenvalue weighted by molar-refractivity contribution is -0.122. The Bertz CT molecular complexity index is 503. The van der Waals surface area contributed by atoms with Crippen LogP contribution in [0.25, 0.3) is 0 Å². The maximum Gasteiger partial charge on any atom is 0.234 e. The van der Waals surface area contributed by atoms with Crippen molar-refractivity contribution < 1.29 is 4.79 Å². The topological polar surface area (TPSA) is 59.4 Å². The second-order valence-corrected chi connectivity index (χ2v) is 5.60. The Labute approximate surface area is 132 Å². The average molecular weight is 300 g/mol. The fourth-order valence-corrected chi connectivity index (χ4v) is 2.71. The molecule has 1 aliphatic rings. The molecule has 0 aliphatic carbocycles. The second kappa shape index (κ2) is 8.52. The fraction of sp³-hybridized carbons (Fsp3) is 0.529. The van der Waals surface area contributed by atoms with Crippen LogP contribution >= 0.6 is 0 Å². The second-order valence-electron chi connectivity index (χ2n) is 5.60. The molecule has 1 heterocycles. The molecule has 1 saturated heterocycles. The summed E-state index contributed by atoms with van der Waals surface area (Å²) in [5.41, 5.74) is 1.04. The van der Waals surface area contributed by atoms with Crippen LogP contribution in [0, 0.1) is 11.3 Å². The van der Waals surface area contributed by atoms with E-state index in [4.69, 9.17) is 0 Å². The first-order valence-corrected chi connectivity index (χ1v) is 7.92. The van der Waals surface area contributed by atoms with Gasteiger partial charge in [0.1, 0.15) is 6.04 Å². The van der Waals surface area contributed by atoms with Crippen molar-refractivity contribution in [1.29, 1.82) is 5.26 Å². The van der Waals surface area contributed by atoms with Gasteiger partial charge >= 0.3 is 0 Å². The van der Waals surface area contributed by atoms with Crippen LogP contribution in [-0.4, -0.2) is 55.0 Å². The molecule has 0 unspecified atom stereocenters. The molecule has 1 amide bonds. The molecule has 5 nitrogen and oxygen atoms in total. The van der Waals surface area contributed by atoms with Gasteiger partial charge in [0.25, 0.3) is 0 Å². The third-order valence-corrected chi connectivity index (χ3v) is 3.95. The Hall–Kier alpha value is -1.90. The monoisotopic (exact) mass is 300 g/mol. The van der Waals surface area contributed by atoms with E-state index in [2.05, 4.69) is 21.2 Å². The molecule has 1 aliphatic heterocycles. The summed E-state index contributed by atoms with van der Waals surface area (Å²) in [6.45, 7) is 6.52. The largest absolute Gasteiger partial charge is 0.355 e. The maximum atomic E-state index is 11.7. The van der Waals surface area contributed by atoms with Crippen molar-refractivity contribution in [2.24, 2.45) is 0 Å². The van der Waals surface area contributed by atoms with Crippen molar-refractivity contribution in [2.45, 2.75) is 19.4 Å². The zero-order valence-corrected chi connectivity index (χ0v) is 13.2. The van der Waals surface area contributed by atoms with Crippen molar-refractivity contribution in [3.63, 3.8) is 0 Å². The van der Waals surface area contributed by atoms with Gasteiger partial charge in [-0.3, -0.25) is 14.6 Å². The Balaban J connectivity index is 1.84. The Kier molecular flexibility index (Phi) is 6.38. The van der Waals surface area contributed by atoms with Crippen LogP contribution in [0.1, 0.15) is 24.9 Å². The molecule has 0 radical (unpaired) electrons. The minimum Gasteiger partial charge on any atom is -0.355 e. The van der Waals surface area contributed by atoms with Gasteiger partial charge in [0.2, 0.25) is 5.91 Å². The number of hydrogen-bond acceptors (Lipinski definition) is 4. The Morgan fingerprint density at radius 3 is 2.55 bits per heavy atom.